The van der Waals surface area contributed by atoms with Gasteiger partial charge < -0.3 is 19.5 Å². The number of rotatable bonds is 8. The highest BCUT2D eigenvalue weighted by Crippen LogP contribution is 2.20. The minimum atomic E-state index is -0.180. The Balaban J connectivity index is 2.07. The Labute approximate surface area is 141 Å². The number of aromatic nitrogens is 2. The van der Waals surface area contributed by atoms with Crippen molar-refractivity contribution in [2.24, 2.45) is 0 Å². The lowest BCUT2D eigenvalue weighted by molar-refractivity contribution is 0.193. The van der Waals surface area contributed by atoms with Gasteiger partial charge in [0.25, 0.3) is 0 Å². The van der Waals surface area contributed by atoms with Gasteiger partial charge in [-0.05, 0) is 30.7 Å². The second-order valence-electron chi connectivity index (χ2n) is 5.14. The molecular formula is C17H22N4O3. The molecule has 7 heteroatoms. The number of carbonyl (C=O) groups excluding carboxylic acids is 1. The van der Waals surface area contributed by atoms with Crippen LogP contribution in [-0.2, 0) is 6.54 Å². The topological polar surface area (TPSA) is 80.5 Å². The van der Waals surface area contributed by atoms with E-state index in [1.54, 1.807) is 18.1 Å². The number of ether oxygens (including phenoxy) is 1. The van der Waals surface area contributed by atoms with Crippen molar-refractivity contribution in [3.05, 3.63) is 42.8 Å². The first-order chi connectivity index (χ1) is 11.7. The molecular weight excluding hydrogens is 308 g/mol. The van der Waals surface area contributed by atoms with E-state index < -0.39 is 0 Å². The van der Waals surface area contributed by atoms with Crippen molar-refractivity contribution < 1.29 is 14.1 Å². The molecule has 2 rings (SSSR count). The minimum Gasteiger partial charge on any atom is -0.497 e. The van der Waals surface area contributed by atoms with Crippen LogP contribution in [0.4, 0.5) is 4.79 Å². The molecule has 0 aliphatic heterocycles. The molecule has 0 saturated heterocycles. The highest BCUT2D eigenvalue weighted by molar-refractivity contribution is 5.74. The van der Waals surface area contributed by atoms with Gasteiger partial charge in [-0.1, -0.05) is 18.2 Å². The molecule has 0 aliphatic rings. The molecule has 2 aromatic rings. The third kappa shape index (κ3) is 4.58. The van der Waals surface area contributed by atoms with Crippen molar-refractivity contribution in [3.63, 3.8) is 0 Å². The minimum absolute atomic E-state index is 0.180. The van der Waals surface area contributed by atoms with Gasteiger partial charge in [0.2, 0.25) is 11.7 Å². The van der Waals surface area contributed by atoms with Crippen LogP contribution in [-0.4, -0.2) is 41.3 Å². The highest BCUT2D eigenvalue weighted by Gasteiger charge is 2.16. The van der Waals surface area contributed by atoms with Gasteiger partial charge in [0.05, 0.1) is 7.11 Å². The smallest absolute Gasteiger partial charge is 0.318 e. The number of hydrogen-bond acceptors (Lipinski definition) is 5. The Morgan fingerprint density at radius 1 is 1.42 bits per heavy atom. The third-order valence-electron chi connectivity index (χ3n) is 3.31. The van der Waals surface area contributed by atoms with E-state index in [0.29, 0.717) is 24.8 Å². The van der Waals surface area contributed by atoms with Gasteiger partial charge in [-0.2, -0.15) is 4.98 Å². The van der Waals surface area contributed by atoms with Crippen LogP contribution in [0.15, 0.2) is 41.4 Å². The fourth-order valence-corrected chi connectivity index (χ4v) is 2.06. The highest BCUT2D eigenvalue weighted by atomic mass is 16.5. The number of nitrogens with one attached hydrogen (secondary N) is 1. The van der Waals surface area contributed by atoms with Crippen molar-refractivity contribution >= 4 is 6.03 Å². The van der Waals surface area contributed by atoms with Gasteiger partial charge in [0, 0.05) is 18.7 Å². The molecule has 0 unspecified atom stereocenters. The molecule has 128 valence electrons. The van der Waals surface area contributed by atoms with Crippen molar-refractivity contribution in [2.45, 2.75) is 19.9 Å². The van der Waals surface area contributed by atoms with Crippen molar-refractivity contribution in [2.75, 3.05) is 20.2 Å². The van der Waals surface area contributed by atoms with E-state index in [2.05, 4.69) is 22.0 Å². The number of hydrogen-bond donors (Lipinski definition) is 1. The molecule has 0 bridgehead atoms. The maximum absolute atomic E-state index is 12.1. The zero-order valence-corrected chi connectivity index (χ0v) is 14.0. The van der Waals surface area contributed by atoms with Gasteiger partial charge in [-0.3, -0.25) is 0 Å². The number of amides is 2. The molecule has 0 radical (unpaired) electrons. The molecule has 2 amide bonds. The van der Waals surface area contributed by atoms with E-state index in [4.69, 9.17) is 9.26 Å². The lowest BCUT2D eigenvalue weighted by Crippen LogP contribution is -2.39. The van der Waals surface area contributed by atoms with Crippen LogP contribution in [0.2, 0.25) is 0 Å². The van der Waals surface area contributed by atoms with Crippen LogP contribution in [0.1, 0.15) is 19.2 Å². The molecule has 0 fully saturated rings. The van der Waals surface area contributed by atoms with Crippen LogP contribution in [0, 0.1) is 0 Å². The summed E-state index contributed by atoms with van der Waals surface area (Å²) in [6.07, 6.45) is 2.53. The molecule has 1 aromatic heterocycles. The van der Waals surface area contributed by atoms with Crippen molar-refractivity contribution in [3.8, 4) is 17.1 Å². The number of methoxy groups -OCH3 is 1. The zero-order chi connectivity index (χ0) is 17.4. The summed E-state index contributed by atoms with van der Waals surface area (Å²) in [7, 11) is 1.61. The SMILES string of the molecule is C=CCN(Cc1nc(-c2ccc(OC)cc2)no1)C(=O)NCCC. The maximum atomic E-state index is 12.1. The Bertz CT molecular complexity index is 667. The number of urea groups is 1. The average molecular weight is 330 g/mol. The first-order valence-corrected chi connectivity index (χ1v) is 7.78. The third-order valence-corrected chi connectivity index (χ3v) is 3.31. The predicted molar refractivity (Wildman–Crippen MR) is 90.6 cm³/mol. The summed E-state index contributed by atoms with van der Waals surface area (Å²) >= 11 is 0. The monoisotopic (exact) mass is 330 g/mol. The fourth-order valence-electron chi connectivity index (χ4n) is 2.06. The fraction of sp³-hybridized carbons (Fsp3) is 0.353. The zero-order valence-electron chi connectivity index (χ0n) is 14.0. The first-order valence-electron chi connectivity index (χ1n) is 7.78. The van der Waals surface area contributed by atoms with Crippen LogP contribution in [0.3, 0.4) is 0 Å². The number of carbonyl (C=O) groups is 1. The first kappa shape index (κ1) is 17.5. The molecule has 0 spiro atoms. The van der Waals surface area contributed by atoms with Gasteiger partial charge in [-0.25, -0.2) is 4.79 Å². The molecule has 7 nitrogen and oxygen atoms in total. The van der Waals surface area contributed by atoms with Gasteiger partial charge >= 0.3 is 6.03 Å². The quantitative estimate of drug-likeness (QED) is 0.753. The van der Waals surface area contributed by atoms with E-state index in [1.165, 1.54) is 0 Å². The van der Waals surface area contributed by atoms with E-state index in [9.17, 15) is 4.79 Å². The van der Waals surface area contributed by atoms with E-state index in [-0.39, 0.29) is 12.6 Å². The Morgan fingerprint density at radius 3 is 2.79 bits per heavy atom. The number of nitrogens with zero attached hydrogens (tertiary/aromatic N) is 3. The average Bonchev–Trinajstić information content (AvgIpc) is 3.08. The van der Waals surface area contributed by atoms with Crippen LogP contribution in [0.25, 0.3) is 11.4 Å². The summed E-state index contributed by atoms with van der Waals surface area (Å²) in [5, 5.41) is 6.79. The summed E-state index contributed by atoms with van der Waals surface area (Å²) in [5.74, 6) is 1.60. The van der Waals surface area contributed by atoms with Gasteiger partial charge in [0.1, 0.15) is 12.3 Å². The summed E-state index contributed by atoms with van der Waals surface area (Å²) < 4.78 is 10.4. The lowest BCUT2D eigenvalue weighted by atomic mass is 10.2. The lowest BCUT2D eigenvalue weighted by Gasteiger charge is -2.19. The Kier molecular flexibility index (Phi) is 6.36. The second kappa shape index (κ2) is 8.71. The largest absolute Gasteiger partial charge is 0.497 e. The van der Waals surface area contributed by atoms with Crippen LogP contribution in [0.5, 0.6) is 5.75 Å². The molecule has 1 heterocycles. The molecule has 0 saturated carbocycles. The summed E-state index contributed by atoms with van der Waals surface area (Å²) in [6.45, 7) is 6.91. The van der Waals surface area contributed by atoms with Crippen LogP contribution >= 0.6 is 0 Å². The summed E-state index contributed by atoms with van der Waals surface area (Å²) in [4.78, 5) is 18.0. The van der Waals surface area contributed by atoms with Crippen LogP contribution < -0.4 is 10.1 Å². The summed E-state index contributed by atoms with van der Waals surface area (Å²) in [5.41, 5.74) is 0.816. The van der Waals surface area contributed by atoms with Gasteiger partial charge in [-0.15, -0.1) is 6.58 Å². The summed E-state index contributed by atoms with van der Waals surface area (Å²) in [6, 6.07) is 7.17. The second-order valence-corrected chi connectivity index (χ2v) is 5.14. The standard InChI is InChI=1S/C17H22N4O3/c1-4-10-18-17(22)21(11-5-2)12-15-19-16(20-24-15)13-6-8-14(23-3)9-7-13/h5-9H,2,4,10-12H2,1,3H3,(H,18,22). The number of benzene rings is 1. The molecule has 0 aliphatic carbocycles. The van der Waals surface area contributed by atoms with E-state index in [1.807, 2.05) is 31.2 Å². The van der Waals surface area contributed by atoms with Gasteiger partial charge in [0.15, 0.2) is 0 Å². The Hall–Kier alpha value is -2.83. The molecule has 24 heavy (non-hydrogen) atoms. The predicted octanol–water partition coefficient (Wildman–Crippen LogP) is 2.85. The molecule has 1 N–H and O–H groups in total. The Morgan fingerprint density at radius 2 is 2.17 bits per heavy atom. The normalized spacial score (nSPS) is 10.2. The van der Waals surface area contributed by atoms with Crippen molar-refractivity contribution in [1.29, 1.82) is 0 Å². The van der Waals surface area contributed by atoms with E-state index >= 15 is 0 Å². The molecule has 0 atom stereocenters. The van der Waals surface area contributed by atoms with E-state index in [0.717, 1.165) is 17.7 Å². The van der Waals surface area contributed by atoms with Crippen molar-refractivity contribution in [1.82, 2.24) is 20.4 Å². The maximum Gasteiger partial charge on any atom is 0.318 e. The molecule has 1 aromatic carbocycles.